The highest BCUT2D eigenvalue weighted by atomic mass is 35.5. The number of hydrogen-bond acceptors (Lipinski definition) is 5. The summed E-state index contributed by atoms with van der Waals surface area (Å²) in [5.41, 5.74) is 0. The summed E-state index contributed by atoms with van der Waals surface area (Å²) in [5.74, 6) is 0.108. The summed E-state index contributed by atoms with van der Waals surface area (Å²) >= 11 is 1.19. The fourth-order valence-corrected chi connectivity index (χ4v) is 5.97. The normalized spacial score (nSPS) is 25.2. The molecule has 2 saturated heterocycles. The molecule has 1 aromatic rings. The topological polar surface area (TPSA) is 78.5 Å². The molecule has 3 rings (SSSR count). The summed E-state index contributed by atoms with van der Waals surface area (Å²) in [7, 11) is -3.56. The van der Waals surface area contributed by atoms with Gasteiger partial charge in [0.25, 0.3) is 5.91 Å². The number of piperidine rings is 1. The van der Waals surface area contributed by atoms with E-state index in [1.165, 1.54) is 15.6 Å². The third kappa shape index (κ3) is 3.94. The molecule has 24 heavy (non-hydrogen) atoms. The van der Waals surface area contributed by atoms with Crippen LogP contribution in [0.5, 0.6) is 0 Å². The number of hydrogen-bond donors (Lipinski definition) is 2. The van der Waals surface area contributed by atoms with Crippen molar-refractivity contribution >= 4 is 39.7 Å². The van der Waals surface area contributed by atoms with Crippen molar-refractivity contribution in [3.63, 3.8) is 0 Å². The van der Waals surface area contributed by atoms with E-state index in [-0.39, 0.29) is 29.3 Å². The van der Waals surface area contributed by atoms with Crippen LogP contribution < -0.4 is 10.6 Å². The number of carbonyl (C=O) groups excluding carboxylic acids is 1. The average molecular weight is 394 g/mol. The Morgan fingerprint density at radius 3 is 2.75 bits per heavy atom. The Bertz CT molecular complexity index is 671. The maximum atomic E-state index is 12.7. The molecule has 0 spiro atoms. The van der Waals surface area contributed by atoms with Gasteiger partial charge in [-0.15, -0.1) is 23.7 Å². The highest BCUT2D eigenvalue weighted by Crippen LogP contribution is 2.28. The number of rotatable bonds is 4. The number of nitrogens with zero attached hydrogens (tertiary/aromatic N) is 1. The Morgan fingerprint density at radius 1 is 1.38 bits per heavy atom. The molecule has 0 aliphatic carbocycles. The van der Waals surface area contributed by atoms with Gasteiger partial charge in [0.15, 0.2) is 0 Å². The fourth-order valence-electron chi connectivity index (χ4n) is 3.15. The summed E-state index contributed by atoms with van der Waals surface area (Å²) < 4.78 is 26.9. The second-order valence-electron chi connectivity index (χ2n) is 6.28. The molecule has 2 atom stereocenters. The van der Waals surface area contributed by atoms with Crippen molar-refractivity contribution in [2.75, 3.05) is 26.2 Å². The molecule has 3 heterocycles. The van der Waals surface area contributed by atoms with Gasteiger partial charge in [0, 0.05) is 25.7 Å². The first-order valence-electron chi connectivity index (χ1n) is 8.09. The molecule has 2 aliphatic heterocycles. The molecular formula is C15H24ClN3O3S2. The minimum Gasteiger partial charge on any atom is -0.347 e. The van der Waals surface area contributed by atoms with E-state index in [1.807, 2.05) is 0 Å². The maximum absolute atomic E-state index is 12.7. The standard InChI is InChI=1S/C15H23N3O3S2.ClH/c1-11-4-6-16-10-12(11)17-15(19)14-13(5-9-22-14)23(20,21)18-7-2-3-8-18;/h5,9,11-12,16H,2-4,6-8,10H2,1H3,(H,17,19);1H. The van der Waals surface area contributed by atoms with Gasteiger partial charge in [0.2, 0.25) is 10.0 Å². The molecule has 136 valence electrons. The van der Waals surface area contributed by atoms with Crippen molar-refractivity contribution in [1.82, 2.24) is 14.9 Å². The number of thiophene rings is 1. The van der Waals surface area contributed by atoms with Crippen LogP contribution >= 0.6 is 23.7 Å². The second-order valence-corrected chi connectivity index (χ2v) is 9.10. The highest BCUT2D eigenvalue weighted by Gasteiger charge is 2.33. The van der Waals surface area contributed by atoms with Crippen LogP contribution in [0, 0.1) is 5.92 Å². The van der Waals surface area contributed by atoms with Crippen molar-refractivity contribution in [2.45, 2.75) is 37.1 Å². The van der Waals surface area contributed by atoms with Gasteiger partial charge in [-0.25, -0.2) is 8.42 Å². The summed E-state index contributed by atoms with van der Waals surface area (Å²) in [4.78, 5) is 13.0. The van der Waals surface area contributed by atoms with Gasteiger partial charge < -0.3 is 10.6 Å². The zero-order chi connectivity index (χ0) is 16.4. The van der Waals surface area contributed by atoms with Crippen LogP contribution in [0.25, 0.3) is 0 Å². The molecule has 0 aromatic carbocycles. The first kappa shape index (κ1) is 19.7. The van der Waals surface area contributed by atoms with E-state index in [1.54, 1.807) is 11.4 Å². The molecule has 0 bridgehead atoms. The van der Waals surface area contributed by atoms with Gasteiger partial charge in [-0.3, -0.25) is 4.79 Å². The number of halogens is 1. The lowest BCUT2D eigenvalue weighted by Gasteiger charge is -2.30. The van der Waals surface area contributed by atoms with Gasteiger partial charge >= 0.3 is 0 Å². The van der Waals surface area contributed by atoms with E-state index in [4.69, 9.17) is 0 Å². The smallest absolute Gasteiger partial charge is 0.263 e. The highest BCUT2D eigenvalue weighted by molar-refractivity contribution is 7.89. The zero-order valence-electron chi connectivity index (χ0n) is 13.7. The van der Waals surface area contributed by atoms with Crippen molar-refractivity contribution in [1.29, 1.82) is 0 Å². The second kappa shape index (κ2) is 8.14. The molecule has 9 heteroatoms. The molecular weight excluding hydrogens is 370 g/mol. The molecule has 1 amide bonds. The Kier molecular flexibility index (Phi) is 6.66. The number of carbonyl (C=O) groups is 1. The summed E-state index contributed by atoms with van der Waals surface area (Å²) in [6.07, 6.45) is 2.78. The van der Waals surface area contributed by atoms with Crippen LogP contribution in [0.15, 0.2) is 16.3 Å². The molecule has 0 radical (unpaired) electrons. The lowest BCUT2D eigenvalue weighted by Crippen LogP contribution is -2.50. The first-order valence-corrected chi connectivity index (χ1v) is 10.4. The lowest BCUT2D eigenvalue weighted by molar-refractivity contribution is 0.0916. The van der Waals surface area contributed by atoms with E-state index in [0.717, 1.165) is 32.4 Å². The van der Waals surface area contributed by atoms with E-state index >= 15 is 0 Å². The molecule has 2 N–H and O–H groups in total. The van der Waals surface area contributed by atoms with Crippen molar-refractivity contribution in [2.24, 2.45) is 5.92 Å². The van der Waals surface area contributed by atoms with Crippen molar-refractivity contribution in [3.8, 4) is 0 Å². The predicted molar refractivity (Wildman–Crippen MR) is 97.5 cm³/mol. The molecule has 2 aliphatic rings. The van der Waals surface area contributed by atoms with Crippen LogP contribution in [-0.4, -0.2) is 50.9 Å². The predicted octanol–water partition coefficient (Wildman–Crippen LogP) is 1.68. The zero-order valence-corrected chi connectivity index (χ0v) is 16.1. The molecule has 0 saturated carbocycles. The summed E-state index contributed by atoms with van der Waals surface area (Å²) in [6, 6.07) is 1.59. The van der Waals surface area contributed by atoms with Crippen LogP contribution in [0.3, 0.4) is 0 Å². The van der Waals surface area contributed by atoms with Crippen LogP contribution in [-0.2, 0) is 10.0 Å². The maximum Gasteiger partial charge on any atom is 0.263 e. The monoisotopic (exact) mass is 393 g/mol. The van der Waals surface area contributed by atoms with Crippen LogP contribution in [0.1, 0.15) is 35.9 Å². The third-order valence-electron chi connectivity index (χ3n) is 4.66. The molecule has 2 unspecified atom stereocenters. The minimum atomic E-state index is -3.56. The SMILES string of the molecule is CC1CCNCC1NC(=O)c1sccc1S(=O)(=O)N1CCCC1.Cl. The largest absolute Gasteiger partial charge is 0.347 e. The van der Waals surface area contributed by atoms with Gasteiger partial charge in [0.1, 0.15) is 9.77 Å². The number of amides is 1. The van der Waals surface area contributed by atoms with Crippen LogP contribution in [0.2, 0.25) is 0 Å². The third-order valence-corrected chi connectivity index (χ3v) is 7.65. The minimum absolute atomic E-state index is 0. The molecule has 2 fully saturated rings. The van der Waals surface area contributed by atoms with E-state index in [9.17, 15) is 13.2 Å². The average Bonchev–Trinajstić information content (AvgIpc) is 3.21. The molecule has 1 aromatic heterocycles. The van der Waals surface area contributed by atoms with Crippen molar-refractivity contribution < 1.29 is 13.2 Å². The summed E-state index contributed by atoms with van der Waals surface area (Å²) in [5, 5.41) is 7.95. The van der Waals surface area contributed by atoms with Gasteiger partial charge in [-0.05, 0) is 43.2 Å². The molecule has 6 nitrogen and oxygen atoms in total. The number of nitrogens with one attached hydrogen (secondary N) is 2. The lowest BCUT2D eigenvalue weighted by atomic mass is 9.95. The van der Waals surface area contributed by atoms with E-state index < -0.39 is 10.0 Å². The van der Waals surface area contributed by atoms with E-state index in [2.05, 4.69) is 17.6 Å². The summed E-state index contributed by atoms with van der Waals surface area (Å²) in [6.45, 7) is 4.89. The first-order chi connectivity index (χ1) is 11.0. The fraction of sp³-hybridized carbons (Fsp3) is 0.667. The number of sulfonamides is 1. The van der Waals surface area contributed by atoms with Crippen molar-refractivity contribution in [3.05, 3.63) is 16.3 Å². The van der Waals surface area contributed by atoms with Crippen LogP contribution in [0.4, 0.5) is 0 Å². The van der Waals surface area contributed by atoms with Gasteiger partial charge in [0.05, 0.1) is 0 Å². The van der Waals surface area contributed by atoms with Gasteiger partial charge in [-0.1, -0.05) is 6.92 Å². The van der Waals surface area contributed by atoms with Gasteiger partial charge in [-0.2, -0.15) is 4.31 Å². The Hall–Kier alpha value is -0.670. The Labute approximate surface area is 153 Å². The Balaban J connectivity index is 0.00000208. The quantitative estimate of drug-likeness (QED) is 0.815. The van der Waals surface area contributed by atoms with E-state index in [0.29, 0.717) is 23.9 Å². The Morgan fingerprint density at radius 2 is 2.08 bits per heavy atom.